The molecule has 6 nitrogen and oxygen atoms in total. The Labute approximate surface area is 224 Å². The van der Waals surface area contributed by atoms with Gasteiger partial charge in [-0.15, -0.1) is 0 Å². The molecule has 5 rings (SSSR count). The number of thiocarbonyl (C=S) groups is 1. The summed E-state index contributed by atoms with van der Waals surface area (Å²) in [5.41, 5.74) is 6.76. The normalized spacial score (nSPS) is 17.2. The summed E-state index contributed by atoms with van der Waals surface area (Å²) in [6.45, 7) is 4.21. The highest BCUT2D eigenvalue weighted by Crippen LogP contribution is 2.43. The van der Waals surface area contributed by atoms with Crippen molar-refractivity contribution in [1.82, 2.24) is 14.9 Å². The van der Waals surface area contributed by atoms with Crippen molar-refractivity contribution >= 4 is 44.9 Å². The van der Waals surface area contributed by atoms with Gasteiger partial charge in [0, 0.05) is 33.4 Å². The van der Waals surface area contributed by atoms with Gasteiger partial charge in [0.25, 0.3) is 0 Å². The molecular weight excluding hydrogens is 536 g/mol. The van der Waals surface area contributed by atoms with Gasteiger partial charge >= 0.3 is 5.97 Å². The number of hydrogen-bond donors (Lipinski definition) is 1. The van der Waals surface area contributed by atoms with Crippen LogP contribution in [0.2, 0.25) is 0 Å². The zero-order valence-corrected chi connectivity index (χ0v) is 22.5. The minimum Gasteiger partial charge on any atom is -0.465 e. The van der Waals surface area contributed by atoms with Crippen LogP contribution in [0.1, 0.15) is 45.1 Å². The average molecular weight is 562 g/mol. The highest BCUT2D eigenvalue weighted by molar-refractivity contribution is 9.10. The van der Waals surface area contributed by atoms with Gasteiger partial charge in [0.05, 0.1) is 30.5 Å². The molecule has 0 spiro atoms. The number of rotatable bonds is 5. The SMILES string of the molecule is COC(=O)c1ccc(-n2c(C)cc(C3C(c4ccccn4)NC(=S)N3c3ccc(Br)cc3)c2C)cc1. The second-order valence-corrected chi connectivity index (χ2v) is 9.98. The molecule has 0 bridgehead atoms. The molecule has 1 fully saturated rings. The number of benzene rings is 2. The molecule has 2 aromatic heterocycles. The molecule has 0 amide bonds. The zero-order chi connectivity index (χ0) is 25.4. The van der Waals surface area contributed by atoms with Gasteiger partial charge in [-0.05, 0) is 98.4 Å². The van der Waals surface area contributed by atoms with Crippen molar-refractivity contribution in [2.45, 2.75) is 25.9 Å². The van der Waals surface area contributed by atoms with Crippen molar-refractivity contribution in [3.63, 3.8) is 0 Å². The molecule has 0 saturated carbocycles. The summed E-state index contributed by atoms with van der Waals surface area (Å²) in [5, 5.41) is 4.18. The molecule has 0 radical (unpaired) electrons. The third-order valence-corrected chi connectivity index (χ3v) is 7.38. The van der Waals surface area contributed by atoms with E-state index < -0.39 is 0 Å². The number of methoxy groups -OCH3 is 1. The van der Waals surface area contributed by atoms with E-state index in [1.165, 1.54) is 7.11 Å². The zero-order valence-electron chi connectivity index (χ0n) is 20.1. The summed E-state index contributed by atoms with van der Waals surface area (Å²) in [7, 11) is 1.39. The Balaban J connectivity index is 1.63. The minimum atomic E-state index is -0.350. The molecule has 182 valence electrons. The fraction of sp³-hybridized carbons (Fsp3) is 0.179. The van der Waals surface area contributed by atoms with Crippen LogP contribution in [0.15, 0.2) is 83.5 Å². The average Bonchev–Trinajstić information content (AvgIpc) is 3.39. The minimum absolute atomic E-state index is 0.108. The van der Waals surface area contributed by atoms with Gasteiger partial charge in [0.15, 0.2) is 5.11 Å². The Morgan fingerprint density at radius 2 is 1.72 bits per heavy atom. The summed E-state index contributed by atoms with van der Waals surface area (Å²) in [6.07, 6.45) is 1.81. The van der Waals surface area contributed by atoms with E-state index in [1.807, 2.05) is 48.7 Å². The Hall–Kier alpha value is -3.49. The van der Waals surface area contributed by atoms with Crippen molar-refractivity contribution in [2.75, 3.05) is 12.0 Å². The number of pyridine rings is 1. The van der Waals surface area contributed by atoms with Gasteiger partial charge < -0.3 is 19.5 Å². The van der Waals surface area contributed by atoms with Crippen LogP contribution in [-0.2, 0) is 4.74 Å². The van der Waals surface area contributed by atoms with Crippen LogP contribution in [0.5, 0.6) is 0 Å². The fourth-order valence-electron chi connectivity index (χ4n) is 4.90. The molecule has 4 aromatic rings. The first-order valence-electron chi connectivity index (χ1n) is 11.5. The monoisotopic (exact) mass is 560 g/mol. The lowest BCUT2D eigenvalue weighted by Crippen LogP contribution is -2.29. The Kier molecular flexibility index (Phi) is 6.64. The number of nitrogens with zero attached hydrogens (tertiary/aromatic N) is 3. The van der Waals surface area contributed by atoms with Gasteiger partial charge in [-0.3, -0.25) is 4.98 Å². The van der Waals surface area contributed by atoms with Crippen molar-refractivity contribution in [2.24, 2.45) is 0 Å². The number of ether oxygens (including phenoxy) is 1. The lowest BCUT2D eigenvalue weighted by atomic mass is 9.96. The molecule has 1 saturated heterocycles. The summed E-state index contributed by atoms with van der Waals surface area (Å²) in [6, 6.07) is 23.6. The number of hydrogen-bond acceptors (Lipinski definition) is 4. The van der Waals surface area contributed by atoms with Crippen LogP contribution in [0, 0.1) is 13.8 Å². The molecule has 3 heterocycles. The van der Waals surface area contributed by atoms with E-state index in [-0.39, 0.29) is 18.1 Å². The Morgan fingerprint density at radius 1 is 1.03 bits per heavy atom. The second-order valence-electron chi connectivity index (χ2n) is 8.67. The maximum Gasteiger partial charge on any atom is 0.337 e. The van der Waals surface area contributed by atoms with Crippen molar-refractivity contribution < 1.29 is 9.53 Å². The third kappa shape index (κ3) is 4.31. The molecule has 36 heavy (non-hydrogen) atoms. The Bertz CT molecular complexity index is 1420. The molecule has 0 aliphatic carbocycles. The van der Waals surface area contributed by atoms with Crippen LogP contribution >= 0.6 is 28.1 Å². The fourth-order valence-corrected chi connectivity index (χ4v) is 5.51. The lowest BCUT2D eigenvalue weighted by molar-refractivity contribution is 0.0600. The number of aromatic nitrogens is 2. The molecule has 2 atom stereocenters. The summed E-state index contributed by atoms with van der Waals surface area (Å²) in [5.74, 6) is -0.350. The quantitative estimate of drug-likeness (QED) is 0.231. The number of carbonyl (C=O) groups is 1. The van der Waals surface area contributed by atoms with E-state index in [1.54, 1.807) is 12.1 Å². The lowest BCUT2D eigenvalue weighted by Gasteiger charge is -2.28. The van der Waals surface area contributed by atoms with Crippen LogP contribution < -0.4 is 10.2 Å². The van der Waals surface area contributed by atoms with E-state index in [0.29, 0.717) is 10.7 Å². The highest BCUT2D eigenvalue weighted by Gasteiger charge is 2.42. The van der Waals surface area contributed by atoms with Crippen molar-refractivity contribution in [1.29, 1.82) is 0 Å². The summed E-state index contributed by atoms with van der Waals surface area (Å²) in [4.78, 5) is 18.7. The number of nitrogens with one attached hydrogen (secondary N) is 1. The third-order valence-electron chi connectivity index (χ3n) is 6.54. The van der Waals surface area contributed by atoms with Crippen molar-refractivity contribution in [3.05, 3.63) is 112 Å². The van der Waals surface area contributed by atoms with E-state index in [9.17, 15) is 4.79 Å². The molecule has 2 unspecified atom stereocenters. The van der Waals surface area contributed by atoms with Crippen LogP contribution in [0.25, 0.3) is 5.69 Å². The molecule has 1 aliphatic heterocycles. The van der Waals surface area contributed by atoms with Crippen LogP contribution in [-0.4, -0.2) is 27.7 Å². The van der Waals surface area contributed by atoms with E-state index in [4.69, 9.17) is 17.0 Å². The van der Waals surface area contributed by atoms with Gasteiger partial charge in [-0.2, -0.15) is 0 Å². The number of carbonyl (C=O) groups excluding carboxylic acids is 1. The molecule has 8 heteroatoms. The highest BCUT2D eigenvalue weighted by atomic mass is 79.9. The maximum absolute atomic E-state index is 11.9. The molecule has 2 aromatic carbocycles. The maximum atomic E-state index is 11.9. The number of anilines is 1. The first-order chi connectivity index (χ1) is 17.4. The first-order valence-corrected chi connectivity index (χ1v) is 12.7. The Morgan fingerprint density at radius 3 is 2.36 bits per heavy atom. The topological polar surface area (TPSA) is 59.4 Å². The molecule has 1 aliphatic rings. The number of halogens is 1. The molecule has 1 N–H and O–H groups in total. The van der Waals surface area contributed by atoms with E-state index in [0.717, 1.165) is 38.5 Å². The van der Waals surface area contributed by atoms with E-state index in [2.05, 4.69) is 67.7 Å². The van der Waals surface area contributed by atoms with Crippen LogP contribution in [0.4, 0.5) is 5.69 Å². The number of aryl methyl sites for hydroxylation is 1. The van der Waals surface area contributed by atoms with Gasteiger partial charge in [-0.25, -0.2) is 4.79 Å². The predicted molar refractivity (Wildman–Crippen MR) is 149 cm³/mol. The number of esters is 1. The summed E-state index contributed by atoms with van der Waals surface area (Å²) >= 11 is 9.40. The van der Waals surface area contributed by atoms with Gasteiger partial charge in [0.1, 0.15) is 0 Å². The standard InChI is InChI=1S/C28H25BrN4O2S/c1-17-16-23(18(2)32(17)21-11-7-19(8-12-21)27(34)35-3)26-25(24-6-4-5-15-30-24)31-28(36)33(26)22-13-9-20(29)10-14-22/h4-16,25-26H,1-3H3,(H,31,36). The van der Waals surface area contributed by atoms with Crippen molar-refractivity contribution in [3.8, 4) is 5.69 Å². The van der Waals surface area contributed by atoms with Crippen LogP contribution in [0.3, 0.4) is 0 Å². The van der Waals surface area contributed by atoms with E-state index >= 15 is 0 Å². The molecular formula is C28H25BrN4O2S. The van der Waals surface area contributed by atoms with Gasteiger partial charge in [0.2, 0.25) is 0 Å². The summed E-state index contributed by atoms with van der Waals surface area (Å²) < 4.78 is 8.06. The second kappa shape index (κ2) is 9.87. The largest absolute Gasteiger partial charge is 0.465 e. The predicted octanol–water partition coefficient (Wildman–Crippen LogP) is 6.22. The smallest absolute Gasteiger partial charge is 0.337 e. The van der Waals surface area contributed by atoms with Gasteiger partial charge in [-0.1, -0.05) is 22.0 Å². The first kappa shape index (κ1) is 24.2.